The quantitative estimate of drug-likeness (QED) is 0.762. The van der Waals surface area contributed by atoms with Crippen LogP contribution in [0.15, 0.2) is 47.4 Å². The van der Waals surface area contributed by atoms with E-state index in [4.69, 9.17) is 23.2 Å². The second-order valence-corrected chi connectivity index (χ2v) is 9.21. The van der Waals surface area contributed by atoms with Gasteiger partial charge in [0.15, 0.2) is 0 Å². The van der Waals surface area contributed by atoms with Crippen molar-refractivity contribution in [3.05, 3.63) is 58.1 Å². The number of nitrogens with one attached hydrogen (secondary N) is 1. The summed E-state index contributed by atoms with van der Waals surface area (Å²) in [6.07, 6.45) is 3.74. The van der Waals surface area contributed by atoms with Crippen molar-refractivity contribution >= 4 is 44.8 Å². The van der Waals surface area contributed by atoms with Gasteiger partial charge < -0.3 is 5.32 Å². The Morgan fingerprint density at radius 1 is 0.963 bits per heavy atom. The summed E-state index contributed by atoms with van der Waals surface area (Å²) in [6, 6.07) is 10.9. The minimum Gasteiger partial charge on any atom is -0.322 e. The molecule has 1 N–H and O–H groups in total. The highest BCUT2D eigenvalue weighted by Crippen LogP contribution is 2.26. The zero-order valence-electron chi connectivity index (χ0n) is 14.6. The van der Waals surface area contributed by atoms with Gasteiger partial charge in [0.2, 0.25) is 10.0 Å². The second-order valence-electron chi connectivity index (χ2n) is 6.42. The third-order valence-electron chi connectivity index (χ3n) is 4.47. The molecule has 1 aliphatic rings. The lowest BCUT2D eigenvalue weighted by Gasteiger charge is -2.20. The van der Waals surface area contributed by atoms with Crippen LogP contribution in [0.3, 0.4) is 0 Å². The first-order valence-corrected chi connectivity index (χ1v) is 10.9. The first kappa shape index (κ1) is 20.1. The number of carbonyl (C=O) groups is 1. The average molecular weight is 427 g/mol. The van der Waals surface area contributed by atoms with Crippen LogP contribution in [0.4, 0.5) is 5.69 Å². The Bertz CT molecular complexity index is 940. The van der Waals surface area contributed by atoms with Crippen molar-refractivity contribution in [1.29, 1.82) is 0 Å². The van der Waals surface area contributed by atoms with Crippen LogP contribution in [0.1, 0.15) is 36.0 Å². The van der Waals surface area contributed by atoms with Crippen molar-refractivity contribution in [2.75, 3.05) is 18.4 Å². The molecule has 1 amide bonds. The van der Waals surface area contributed by atoms with Gasteiger partial charge in [0.25, 0.3) is 5.91 Å². The molecule has 0 spiro atoms. The molecule has 1 heterocycles. The van der Waals surface area contributed by atoms with E-state index in [0.29, 0.717) is 23.8 Å². The molecule has 2 aromatic rings. The summed E-state index contributed by atoms with van der Waals surface area (Å²) in [6.45, 7) is 0.990. The zero-order valence-corrected chi connectivity index (χ0v) is 16.9. The number of nitrogens with zero attached hydrogens (tertiary/aromatic N) is 1. The molecule has 0 saturated carbocycles. The van der Waals surface area contributed by atoms with Crippen LogP contribution >= 0.6 is 23.2 Å². The van der Waals surface area contributed by atoms with Crippen LogP contribution in [0.2, 0.25) is 10.0 Å². The summed E-state index contributed by atoms with van der Waals surface area (Å²) in [5, 5.41) is 3.36. The standard InChI is InChI=1S/C19H20Cl2N2O3S/c20-14-6-5-7-15(12-14)22-19(24)17-13-16(8-9-18(17)21)27(25,26)23-10-3-1-2-4-11-23/h5-9,12-13H,1-4,10-11H2,(H,22,24). The number of anilines is 1. The SMILES string of the molecule is O=C(Nc1cccc(Cl)c1)c1cc(S(=O)(=O)N2CCCCCC2)ccc1Cl. The van der Waals surface area contributed by atoms with Crippen molar-refractivity contribution in [1.82, 2.24) is 4.31 Å². The number of carbonyl (C=O) groups excluding carboxylic acids is 1. The summed E-state index contributed by atoms with van der Waals surface area (Å²) in [5.41, 5.74) is 0.608. The maximum absolute atomic E-state index is 13.0. The molecule has 0 bridgehead atoms. The number of hydrogen-bond donors (Lipinski definition) is 1. The van der Waals surface area contributed by atoms with Gasteiger partial charge in [0.05, 0.1) is 15.5 Å². The largest absolute Gasteiger partial charge is 0.322 e. The van der Waals surface area contributed by atoms with E-state index in [1.807, 2.05) is 0 Å². The lowest BCUT2D eigenvalue weighted by Crippen LogP contribution is -2.32. The van der Waals surface area contributed by atoms with Gasteiger partial charge in [-0.2, -0.15) is 4.31 Å². The molecule has 0 aromatic heterocycles. The Morgan fingerprint density at radius 3 is 2.33 bits per heavy atom. The smallest absolute Gasteiger partial charge is 0.257 e. The maximum atomic E-state index is 13.0. The number of benzene rings is 2. The van der Waals surface area contributed by atoms with E-state index >= 15 is 0 Å². The third-order valence-corrected chi connectivity index (χ3v) is 6.93. The third kappa shape index (κ3) is 4.82. The topological polar surface area (TPSA) is 66.5 Å². The number of sulfonamides is 1. The second kappa shape index (κ2) is 8.61. The first-order valence-electron chi connectivity index (χ1n) is 8.74. The Kier molecular flexibility index (Phi) is 6.42. The van der Waals surface area contributed by atoms with Gasteiger partial charge in [0.1, 0.15) is 0 Å². The normalized spacial score (nSPS) is 15.9. The highest BCUT2D eigenvalue weighted by atomic mass is 35.5. The van der Waals surface area contributed by atoms with Crippen LogP contribution in [-0.2, 0) is 10.0 Å². The van der Waals surface area contributed by atoms with Gasteiger partial charge in [0, 0.05) is 23.8 Å². The minimum absolute atomic E-state index is 0.0741. The summed E-state index contributed by atoms with van der Waals surface area (Å²) >= 11 is 12.1. The lowest BCUT2D eigenvalue weighted by molar-refractivity contribution is 0.102. The fourth-order valence-electron chi connectivity index (χ4n) is 3.03. The van der Waals surface area contributed by atoms with Crippen molar-refractivity contribution in [3.8, 4) is 0 Å². The van der Waals surface area contributed by atoms with Crippen molar-refractivity contribution in [2.24, 2.45) is 0 Å². The van der Waals surface area contributed by atoms with Crippen molar-refractivity contribution in [3.63, 3.8) is 0 Å². The fraction of sp³-hybridized carbons (Fsp3) is 0.316. The molecule has 2 aromatic carbocycles. The average Bonchev–Trinajstić information content (AvgIpc) is 2.92. The van der Waals surface area contributed by atoms with Gasteiger partial charge in [-0.05, 0) is 49.2 Å². The first-order chi connectivity index (χ1) is 12.9. The molecule has 0 atom stereocenters. The molecule has 0 unspecified atom stereocenters. The van der Waals surface area contributed by atoms with Gasteiger partial charge in [-0.3, -0.25) is 4.79 Å². The molecule has 1 saturated heterocycles. The highest BCUT2D eigenvalue weighted by molar-refractivity contribution is 7.89. The predicted octanol–water partition coefficient (Wildman–Crippen LogP) is 4.81. The minimum atomic E-state index is -3.66. The molecule has 0 radical (unpaired) electrons. The Balaban J connectivity index is 1.88. The van der Waals surface area contributed by atoms with E-state index in [-0.39, 0.29) is 15.5 Å². The molecular weight excluding hydrogens is 407 g/mol. The lowest BCUT2D eigenvalue weighted by atomic mass is 10.2. The van der Waals surface area contributed by atoms with Crippen LogP contribution < -0.4 is 5.32 Å². The van der Waals surface area contributed by atoms with Crippen LogP contribution in [0.5, 0.6) is 0 Å². The van der Waals surface area contributed by atoms with E-state index < -0.39 is 15.9 Å². The molecule has 8 heteroatoms. The number of halogens is 2. The van der Waals surface area contributed by atoms with E-state index in [0.717, 1.165) is 25.7 Å². The molecule has 27 heavy (non-hydrogen) atoms. The van der Waals surface area contributed by atoms with E-state index in [1.165, 1.54) is 22.5 Å². The molecule has 3 rings (SSSR count). The van der Waals surface area contributed by atoms with E-state index in [9.17, 15) is 13.2 Å². The number of hydrogen-bond acceptors (Lipinski definition) is 3. The molecular formula is C19H20Cl2N2O3S. The summed E-state index contributed by atoms with van der Waals surface area (Å²) in [4.78, 5) is 12.7. The van der Waals surface area contributed by atoms with Crippen LogP contribution in [0.25, 0.3) is 0 Å². The van der Waals surface area contributed by atoms with E-state index in [2.05, 4.69) is 5.32 Å². The summed E-state index contributed by atoms with van der Waals surface area (Å²) < 4.78 is 27.4. The molecule has 0 aliphatic carbocycles. The monoisotopic (exact) mass is 426 g/mol. The van der Waals surface area contributed by atoms with Gasteiger partial charge in [-0.25, -0.2) is 8.42 Å². The number of rotatable bonds is 4. The summed E-state index contributed by atoms with van der Waals surface area (Å²) in [5.74, 6) is -0.491. The van der Waals surface area contributed by atoms with E-state index in [1.54, 1.807) is 24.3 Å². The van der Waals surface area contributed by atoms with Crippen molar-refractivity contribution < 1.29 is 13.2 Å². The molecule has 5 nitrogen and oxygen atoms in total. The highest BCUT2D eigenvalue weighted by Gasteiger charge is 2.26. The van der Waals surface area contributed by atoms with Gasteiger partial charge in [-0.15, -0.1) is 0 Å². The Morgan fingerprint density at radius 2 is 1.67 bits per heavy atom. The maximum Gasteiger partial charge on any atom is 0.257 e. The fourth-order valence-corrected chi connectivity index (χ4v) is 4.97. The van der Waals surface area contributed by atoms with Gasteiger partial charge >= 0.3 is 0 Å². The molecule has 1 fully saturated rings. The Hall–Kier alpha value is -1.60. The molecule has 1 aliphatic heterocycles. The van der Waals surface area contributed by atoms with Crippen molar-refractivity contribution in [2.45, 2.75) is 30.6 Å². The zero-order chi connectivity index (χ0) is 19.4. The number of amides is 1. The Labute approximate surface area is 169 Å². The molecule has 144 valence electrons. The van der Waals surface area contributed by atoms with Gasteiger partial charge in [-0.1, -0.05) is 42.1 Å². The van der Waals surface area contributed by atoms with Crippen LogP contribution in [0, 0.1) is 0 Å². The summed E-state index contributed by atoms with van der Waals surface area (Å²) in [7, 11) is -3.66. The predicted molar refractivity (Wildman–Crippen MR) is 108 cm³/mol. The van der Waals surface area contributed by atoms with Crippen LogP contribution in [-0.4, -0.2) is 31.7 Å².